The summed E-state index contributed by atoms with van der Waals surface area (Å²) in [6.07, 6.45) is 3.61. The molecule has 0 saturated heterocycles. The number of nitrogens with zero attached hydrogens (tertiary/aromatic N) is 3. The summed E-state index contributed by atoms with van der Waals surface area (Å²) in [6, 6.07) is 15.9. The lowest BCUT2D eigenvalue weighted by molar-refractivity contribution is -0.134. The molecule has 1 aromatic heterocycles. The average molecular weight is 434 g/mol. The molecule has 8 heteroatoms. The summed E-state index contributed by atoms with van der Waals surface area (Å²) in [5.74, 6) is 1.18. The van der Waals surface area contributed by atoms with Crippen LogP contribution in [0.25, 0.3) is 11.1 Å². The Bertz CT molecular complexity index is 1090. The fourth-order valence-corrected chi connectivity index (χ4v) is 3.41. The van der Waals surface area contributed by atoms with Crippen molar-refractivity contribution in [1.82, 2.24) is 9.88 Å². The van der Waals surface area contributed by atoms with Crippen molar-refractivity contribution in [3.05, 3.63) is 72.1 Å². The van der Waals surface area contributed by atoms with E-state index in [2.05, 4.69) is 28.2 Å². The maximum absolute atomic E-state index is 9.00. The second-order valence-electron chi connectivity index (χ2n) is 7.07. The summed E-state index contributed by atoms with van der Waals surface area (Å²) in [4.78, 5) is 19.8. The minimum atomic E-state index is -0.833. The summed E-state index contributed by atoms with van der Waals surface area (Å²) in [7, 11) is 3.31. The molecule has 3 N–H and O–H groups in total. The Morgan fingerprint density at radius 3 is 2.38 bits per heavy atom. The average Bonchev–Trinajstić information content (AvgIpc) is 2.79. The van der Waals surface area contributed by atoms with Gasteiger partial charge in [-0.15, -0.1) is 0 Å². The number of nitrogens with two attached hydrogens (primary N) is 1. The Balaban J connectivity index is 0.000000668. The molecule has 0 radical (unpaired) electrons. The van der Waals surface area contributed by atoms with Gasteiger partial charge in [0.05, 0.1) is 32.0 Å². The van der Waals surface area contributed by atoms with Gasteiger partial charge >= 0.3 is 0 Å². The number of carboxylic acid groups (broad SMARTS) is 1. The number of benzene rings is 2. The van der Waals surface area contributed by atoms with Crippen LogP contribution in [0.5, 0.6) is 11.5 Å². The highest BCUT2D eigenvalue weighted by molar-refractivity contribution is 5.84. The van der Waals surface area contributed by atoms with Crippen molar-refractivity contribution in [2.75, 3.05) is 14.2 Å². The van der Waals surface area contributed by atoms with E-state index in [1.807, 2.05) is 41.4 Å². The number of hydrogen-bond donors (Lipinski definition) is 2. The quantitative estimate of drug-likeness (QED) is 0.628. The predicted molar refractivity (Wildman–Crippen MR) is 123 cm³/mol. The number of methoxy groups -OCH3 is 2. The molecule has 1 aliphatic heterocycles. The second kappa shape index (κ2) is 10.3. The van der Waals surface area contributed by atoms with Gasteiger partial charge in [-0.3, -0.25) is 9.78 Å². The molecule has 0 atom stereocenters. The molecule has 3 aromatic rings. The fraction of sp³-hybridized carbons (Fsp3) is 0.208. The molecule has 0 saturated carbocycles. The van der Waals surface area contributed by atoms with Crippen LogP contribution in [0.3, 0.4) is 0 Å². The molecule has 1 aliphatic rings. The van der Waals surface area contributed by atoms with Crippen LogP contribution in [0, 0.1) is 0 Å². The highest BCUT2D eigenvalue weighted by Gasteiger charge is 2.21. The molecule has 0 fully saturated rings. The van der Waals surface area contributed by atoms with E-state index in [1.54, 1.807) is 20.4 Å². The zero-order valence-electron chi connectivity index (χ0n) is 18.3. The summed E-state index contributed by atoms with van der Waals surface area (Å²) in [5.41, 5.74) is 11.4. The molecule has 0 amide bonds. The highest BCUT2D eigenvalue weighted by atomic mass is 16.5. The number of carbonyl (C=O) groups is 1. The minimum absolute atomic E-state index is 0.476. The molecule has 0 aliphatic carbocycles. The standard InChI is InChI=1S/C22H22N4O2.C2H4O2/c1-27-20-6-3-7-21(28-2)18(20)14-26-13-17-9-8-15(11-19(17)25-22(26)23)16-5-4-10-24-12-16;1-2(3)4/h3-12H,13-14H2,1-2H3,(H2,23,25);1H3,(H,3,4). The molecule has 8 nitrogen and oxygen atoms in total. The van der Waals surface area contributed by atoms with Crippen molar-refractivity contribution in [2.45, 2.75) is 20.0 Å². The number of hydrogen-bond acceptors (Lipinski definition) is 7. The van der Waals surface area contributed by atoms with Gasteiger partial charge in [-0.25, -0.2) is 4.99 Å². The SMILES string of the molecule is CC(=O)O.COc1cccc(OC)c1CN1Cc2ccc(-c3cccnc3)cc2N=C1N. The van der Waals surface area contributed by atoms with Gasteiger partial charge in [0.15, 0.2) is 5.96 Å². The Morgan fingerprint density at radius 1 is 1.09 bits per heavy atom. The number of aliphatic imine (C=N–C) groups is 1. The van der Waals surface area contributed by atoms with E-state index in [0.717, 1.165) is 46.4 Å². The lowest BCUT2D eigenvalue weighted by Gasteiger charge is -2.29. The van der Waals surface area contributed by atoms with Gasteiger partial charge in [-0.05, 0) is 35.4 Å². The third kappa shape index (κ3) is 5.34. The van der Waals surface area contributed by atoms with E-state index in [1.165, 1.54) is 0 Å². The smallest absolute Gasteiger partial charge is 0.300 e. The summed E-state index contributed by atoms with van der Waals surface area (Å²) < 4.78 is 11.0. The van der Waals surface area contributed by atoms with Crippen LogP contribution in [-0.4, -0.2) is 41.1 Å². The molecule has 32 heavy (non-hydrogen) atoms. The molecular formula is C24H26N4O4. The van der Waals surface area contributed by atoms with Crippen LogP contribution in [-0.2, 0) is 17.9 Å². The Labute approximate surface area is 186 Å². The van der Waals surface area contributed by atoms with Crippen LogP contribution < -0.4 is 15.2 Å². The topological polar surface area (TPSA) is 110 Å². The third-order valence-corrected chi connectivity index (χ3v) is 4.88. The molecule has 2 heterocycles. The number of rotatable bonds is 5. The van der Waals surface area contributed by atoms with Crippen molar-refractivity contribution in [1.29, 1.82) is 0 Å². The van der Waals surface area contributed by atoms with Gasteiger partial charge in [0.25, 0.3) is 5.97 Å². The molecule has 0 unspecified atom stereocenters. The van der Waals surface area contributed by atoms with Gasteiger partial charge in [0.1, 0.15) is 11.5 Å². The number of fused-ring (bicyclic) bond motifs is 1. The summed E-state index contributed by atoms with van der Waals surface area (Å²) in [5, 5.41) is 7.42. The summed E-state index contributed by atoms with van der Waals surface area (Å²) in [6.45, 7) is 2.30. The first-order valence-corrected chi connectivity index (χ1v) is 9.94. The highest BCUT2D eigenvalue weighted by Crippen LogP contribution is 2.34. The van der Waals surface area contributed by atoms with Crippen molar-refractivity contribution >= 4 is 17.6 Å². The van der Waals surface area contributed by atoms with Crippen molar-refractivity contribution in [2.24, 2.45) is 10.7 Å². The summed E-state index contributed by atoms with van der Waals surface area (Å²) >= 11 is 0. The third-order valence-electron chi connectivity index (χ3n) is 4.88. The lowest BCUT2D eigenvalue weighted by atomic mass is 10.0. The van der Waals surface area contributed by atoms with Crippen LogP contribution >= 0.6 is 0 Å². The maximum Gasteiger partial charge on any atom is 0.300 e. The van der Waals surface area contributed by atoms with Gasteiger partial charge in [-0.1, -0.05) is 24.3 Å². The zero-order valence-corrected chi connectivity index (χ0v) is 18.3. The monoisotopic (exact) mass is 434 g/mol. The predicted octanol–water partition coefficient (Wildman–Crippen LogP) is 3.82. The van der Waals surface area contributed by atoms with Crippen LogP contribution in [0.1, 0.15) is 18.1 Å². The van der Waals surface area contributed by atoms with Gasteiger partial charge in [0.2, 0.25) is 0 Å². The van der Waals surface area contributed by atoms with E-state index in [4.69, 9.17) is 25.1 Å². The molecule has 4 rings (SSSR count). The van der Waals surface area contributed by atoms with Crippen molar-refractivity contribution in [3.63, 3.8) is 0 Å². The number of guanidine groups is 1. The van der Waals surface area contributed by atoms with E-state index < -0.39 is 5.97 Å². The molecule has 166 valence electrons. The number of aromatic nitrogens is 1. The fourth-order valence-electron chi connectivity index (χ4n) is 3.41. The van der Waals surface area contributed by atoms with Crippen molar-refractivity contribution in [3.8, 4) is 22.6 Å². The van der Waals surface area contributed by atoms with Crippen LogP contribution in [0.15, 0.2) is 65.9 Å². The second-order valence-corrected chi connectivity index (χ2v) is 7.07. The minimum Gasteiger partial charge on any atom is -0.496 e. The molecule has 2 aromatic carbocycles. The van der Waals surface area contributed by atoms with E-state index in [-0.39, 0.29) is 0 Å². The van der Waals surface area contributed by atoms with Gasteiger partial charge < -0.3 is 25.2 Å². The number of carboxylic acids is 1. The number of ether oxygens (including phenoxy) is 2. The number of pyridine rings is 1. The first kappa shape index (κ1) is 22.6. The van der Waals surface area contributed by atoms with E-state index in [9.17, 15) is 0 Å². The van der Waals surface area contributed by atoms with Crippen LogP contribution in [0.2, 0.25) is 0 Å². The lowest BCUT2D eigenvalue weighted by Crippen LogP contribution is -2.38. The Morgan fingerprint density at radius 2 is 1.78 bits per heavy atom. The Kier molecular flexibility index (Phi) is 7.28. The van der Waals surface area contributed by atoms with Gasteiger partial charge in [0, 0.05) is 31.4 Å². The molecular weight excluding hydrogens is 408 g/mol. The first-order chi connectivity index (χ1) is 15.4. The van der Waals surface area contributed by atoms with E-state index >= 15 is 0 Å². The van der Waals surface area contributed by atoms with Crippen LogP contribution in [0.4, 0.5) is 5.69 Å². The van der Waals surface area contributed by atoms with Crippen molar-refractivity contribution < 1.29 is 19.4 Å². The molecule has 0 spiro atoms. The largest absolute Gasteiger partial charge is 0.496 e. The molecule has 0 bridgehead atoms. The first-order valence-electron chi connectivity index (χ1n) is 9.94. The zero-order chi connectivity index (χ0) is 23.1. The van der Waals surface area contributed by atoms with Gasteiger partial charge in [-0.2, -0.15) is 0 Å². The number of aliphatic carboxylic acids is 1. The Hall–Kier alpha value is -4.07. The normalized spacial score (nSPS) is 12.1. The van der Waals surface area contributed by atoms with E-state index in [0.29, 0.717) is 19.0 Å². The maximum atomic E-state index is 9.00.